The fourth-order valence-electron chi connectivity index (χ4n) is 6.70. The molecule has 3 aromatic heterocycles. The number of anilines is 1. The van der Waals surface area contributed by atoms with Crippen LogP contribution in [0.2, 0.25) is 0 Å². The van der Waals surface area contributed by atoms with E-state index in [1.54, 1.807) is 34.1 Å². The first-order valence-corrected chi connectivity index (χ1v) is 16.1. The molecule has 8 nitrogen and oxygen atoms in total. The van der Waals surface area contributed by atoms with Gasteiger partial charge < -0.3 is 14.5 Å². The summed E-state index contributed by atoms with van der Waals surface area (Å²) in [5, 5.41) is 6.88. The van der Waals surface area contributed by atoms with Crippen LogP contribution in [0.25, 0.3) is 16.9 Å². The first-order chi connectivity index (χ1) is 20.7. The fraction of sp³-hybridized carbons (Fsp3) is 0.455. The number of rotatable bonds is 7. The smallest absolute Gasteiger partial charge is 0.306 e. The maximum absolute atomic E-state index is 15.6. The van der Waals surface area contributed by atoms with Crippen LogP contribution < -0.4 is 4.90 Å². The number of hydrogen-bond acceptors (Lipinski definition) is 7. The number of benzene rings is 1. The summed E-state index contributed by atoms with van der Waals surface area (Å²) in [6.07, 6.45) is 4.12. The molecular weight excluding hydrogens is 565 g/mol. The summed E-state index contributed by atoms with van der Waals surface area (Å²) in [6.45, 7) is 8.42. The average molecular weight is 602 g/mol. The van der Waals surface area contributed by atoms with Gasteiger partial charge in [-0.15, -0.1) is 11.3 Å². The number of esters is 1. The summed E-state index contributed by atoms with van der Waals surface area (Å²) in [5.74, 6) is -0.310. The number of thiophene rings is 1. The summed E-state index contributed by atoms with van der Waals surface area (Å²) in [6, 6.07) is 11.0. The van der Waals surface area contributed by atoms with Gasteiger partial charge >= 0.3 is 5.97 Å². The highest BCUT2D eigenvalue weighted by Crippen LogP contribution is 2.42. The summed E-state index contributed by atoms with van der Waals surface area (Å²) in [4.78, 5) is 36.0. The van der Waals surface area contributed by atoms with Crippen molar-refractivity contribution in [1.82, 2.24) is 19.5 Å². The second-order valence-corrected chi connectivity index (χ2v) is 13.5. The van der Waals surface area contributed by atoms with Crippen LogP contribution in [0.4, 0.5) is 10.1 Å². The van der Waals surface area contributed by atoms with E-state index in [4.69, 9.17) is 14.8 Å². The molecule has 4 aromatic rings. The minimum atomic E-state index is -0.363. The van der Waals surface area contributed by atoms with Gasteiger partial charge in [-0.2, -0.15) is 5.10 Å². The van der Waals surface area contributed by atoms with Crippen LogP contribution in [0.3, 0.4) is 0 Å². The third kappa shape index (κ3) is 5.19. The van der Waals surface area contributed by atoms with Crippen molar-refractivity contribution in [2.45, 2.75) is 64.8 Å². The minimum absolute atomic E-state index is 0.00313. The van der Waals surface area contributed by atoms with Gasteiger partial charge in [-0.25, -0.2) is 13.9 Å². The van der Waals surface area contributed by atoms with Crippen LogP contribution >= 0.6 is 11.3 Å². The average Bonchev–Trinajstić information content (AvgIpc) is 3.35. The van der Waals surface area contributed by atoms with Crippen LogP contribution in [0.5, 0.6) is 0 Å². The van der Waals surface area contributed by atoms with E-state index in [9.17, 15) is 9.59 Å². The maximum Gasteiger partial charge on any atom is 0.306 e. The topological polar surface area (TPSA) is 80.0 Å². The molecule has 2 aliphatic heterocycles. The molecule has 1 amide bonds. The van der Waals surface area contributed by atoms with Crippen molar-refractivity contribution in [3.05, 3.63) is 69.4 Å². The quantitative estimate of drug-likeness (QED) is 0.228. The lowest BCUT2D eigenvalue weighted by atomic mass is 9.86. The van der Waals surface area contributed by atoms with Crippen molar-refractivity contribution in [3.63, 3.8) is 0 Å². The van der Waals surface area contributed by atoms with Crippen molar-refractivity contribution < 1.29 is 18.7 Å². The van der Waals surface area contributed by atoms with Gasteiger partial charge in [-0.3, -0.25) is 9.59 Å². The molecule has 2 atom stereocenters. The minimum Gasteiger partial charge on any atom is -0.466 e. The van der Waals surface area contributed by atoms with Gasteiger partial charge in [0.05, 0.1) is 24.8 Å². The van der Waals surface area contributed by atoms with Crippen molar-refractivity contribution >= 4 is 34.5 Å². The molecule has 0 N–H and O–H groups in total. The second-order valence-electron chi connectivity index (χ2n) is 12.5. The first kappa shape index (κ1) is 28.0. The van der Waals surface area contributed by atoms with E-state index in [1.807, 2.05) is 24.0 Å². The zero-order chi connectivity index (χ0) is 29.9. The van der Waals surface area contributed by atoms with E-state index in [2.05, 4.69) is 30.2 Å². The molecule has 1 unspecified atom stereocenters. The molecule has 1 saturated heterocycles. The Morgan fingerprint density at radius 1 is 1.16 bits per heavy atom. The predicted octanol–water partition coefficient (Wildman–Crippen LogP) is 6.40. The molecular formula is C33H36FN5O3S. The molecule has 1 saturated carbocycles. The molecule has 43 heavy (non-hydrogen) atoms. The Morgan fingerprint density at radius 2 is 2.00 bits per heavy atom. The van der Waals surface area contributed by atoms with E-state index in [0.29, 0.717) is 54.6 Å². The number of halogens is 1. The molecule has 224 valence electrons. The Hall–Kier alpha value is -3.79. The molecule has 1 aliphatic carbocycles. The highest BCUT2D eigenvalue weighted by molar-refractivity contribution is 7.10. The predicted molar refractivity (Wildman–Crippen MR) is 164 cm³/mol. The Balaban J connectivity index is 1.15. The molecule has 3 aliphatic rings. The summed E-state index contributed by atoms with van der Waals surface area (Å²) in [7, 11) is 0. The van der Waals surface area contributed by atoms with Gasteiger partial charge in [-0.05, 0) is 86.2 Å². The van der Waals surface area contributed by atoms with Crippen LogP contribution in [-0.4, -0.2) is 57.6 Å². The van der Waals surface area contributed by atoms with E-state index in [1.165, 1.54) is 10.4 Å². The van der Waals surface area contributed by atoms with Gasteiger partial charge in [-0.1, -0.05) is 6.92 Å². The molecule has 2 fully saturated rings. The standard InChI is InChI=1S/C33H36FN5O3S/c1-4-42-31(40)18-33(3)11-13-37(19-33)22-7-8-24(25(34)15-22)26-17-30-35-27(16-28(21-5-6-21)39(30)36-26)32(41)38-12-9-29-23(20(38)2)10-14-43-29/h7-8,10,14-17,20-21H,4-6,9,11-13,18-19H2,1-3H3/t20-,33?/m1/s1. The van der Waals surface area contributed by atoms with Crippen LogP contribution in [0.1, 0.15) is 85.0 Å². The van der Waals surface area contributed by atoms with Crippen molar-refractivity contribution in [3.8, 4) is 11.3 Å². The highest BCUT2D eigenvalue weighted by atomic mass is 32.1. The van der Waals surface area contributed by atoms with Gasteiger partial charge in [0.2, 0.25) is 0 Å². The summed E-state index contributed by atoms with van der Waals surface area (Å²) in [5.41, 5.74) is 4.61. The van der Waals surface area contributed by atoms with E-state index >= 15 is 4.39 Å². The number of carbonyl (C=O) groups is 2. The first-order valence-electron chi connectivity index (χ1n) is 15.2. The van der Waals surface area contributed by atoms with Crippen LogP contribution in [0, 0.1) is 11.2 Å². The zero-order valence-electron chi connectivity index (χ0n) is 24.8. The fourth-order valence-corrected chi connectivity index (χ4v) is 7.66. The molecule has 0 bridgehead atoms. The summed E-state index contributed by atoms with van der Waals surface area (Å²) < 4.78 is 22.6. The number of aromatic nitrogens is 3. The van der Waals surface area contributed by atoms with Gasteiger partial charge in [0.25, 0.3) is 5.91 Å². The Morgan fingerprint density at radius 3 is 2.77 bits per heavy atom. The molecule has 0 radical (unpaired) electrons. The summed E-state index contributed by atoms with van der Waals surface area (Å²) >= 11 is 1.75. The zero-order valence-corrected chi connectivity index (χ0v) is 25.6. The lowest BCUT2D eigenvalue weighted by Gasteiger charge is -2.33. The van der Waals surface area contributed by atoms with Crippen molar-refractivity contribution in [2.75, 3.05) is 31.1 Å². The Labute approximate surface area is 254 Å². The van der Waals surface area contributed by atoms with Gasteiger partial charge in [0.15, 0.2) is 5.65 Å². The van der Waals surface area contributed by atoms with Crippen molar-refractivity contribution in [1.29, 1.82) is 0 Å². The van der Waals surface area contributed by atoms with E-state index < -0.39 is 0 Å². The molecule has 10 heteroatoms. The second kappa shape index (κ2) is 10.7. The number of nitrogens with zero attached hydrogens (tertiary/aromatic N) is 5. The van der Waals surface area contributed by atoms with Gasteiger partial charge in [0, 0.05) is 53.4 Å². The SMILES string of the molecule is CCOC(=O)CC1(C)CCN(c2ccc(-c3cc4nc(C(=O)N5CCc6sccc6[C@H]5C)cc(C5CC5)n4n3)c(F)c2)C1. The largest absolute Gasteiger partial charge is 0.466 e. The third-order valence-corrected chi connectivity index (χ3v) is 10.2. The van der Waals surface area contributed by atoms with Crippen LogP contribution in [-0.2, 0) is 16.0 Å². The number of amides is 1. The third-order valence-electron chi connectivity index (χ3n) is 9.24. The highest BCUT2D eigenvalue weighted by Gasteiger charge is 2.37. The molecule has 5 heterocycles. The van der Waals surface area contributed by atoms with Crippen LogP contribution in [0.15, 0.2) is 41.8 Å². The number of hydrogen-bond donors (Lipinski definition) is 0. The van der Waals surface area contributed by atoms with E-state index in [-0.39, 0.29) is 29.2 Å². The Bertz CT molecular complexity index is 1730. The van der Waals surface area contributed by atoms with E-state index in [0.717, 1.165) is 43.6 Å². The number of ether oxygens (including phenoxy) is 1. The van der Waals surface area contributed by atoms with Crippen molar-refractivity contribution in [2.24, 2.45) is 5.41 Å². The normalized spacial score (nSPS) is 21.8. The van der Waals surface area contributed by atoms with Gasteiger partial charge in [0.1, 0.15) is 11.5 Å². The maximum atomic E-state index is 15.6. The number of fused-ring (bicyclic) bond motifs is 2. The molecule has 0 spiro atoms. The Kier molecular flexibility index (Phi) is 6.99. The lowest BCUT2D eigenvalue weighted by molar-refractivity contribution is -0.145. The monoisotopic (exact) mass is 601 g/mol. The molecule has 7 rings (SSSR count). The molecule has 1 aromatic carbocycles. The number of carbonyl (C=O) groups excluding carboxylic acids is 2. The lowest BCUT2D eigenvalue weighted by Crippen LogP contribution is -2.38.